The van der Waals surface area contributed by atoms with E-state index in [1.165, 1.54) is 11.8 Å². The Balaban J connectivity index is 1.75. The summed E-state index contributed by atoms with van der Waals surface area (Å²) in [6.07, 6.45) is 1.35. The van der Waals surface area contributed by atoms with Crippen molar-refractivity contribution in [3.63, 3.8) is 0 Å². The number of carbonyl (C=O) groups is 3. The molecule has 1 aliphatic carbocycles. The van der Waals surface area contributed by atoms with Crippen molar-refractivity contribution in [1.29, 1.82) is 0 Å². The van der Waals surface area contributed by atoms with Gasteiger partial charge in [-0.1, -0.05) is 6.07 Å². The normalized spacial score (nSPS) is 28.9. The van der Waals surface area contributed by atoms with Crippen molar-refractivity contribution in [2.75, 3.05) is 6.79 Å². The highest BCUT2D eigenvalue weighted by molar-refractivity contribution is 6.01. The van der Waals surface area contributed by atoms with E-state index in [1.807, 2.05) is 6.07 Å². The van der Waals surface area contributed by atoms with Crippen LogP contribution in [0.2, 0.25) is 0 Å². The number of ether oxygens (including phenoxy) is 2. The van der Waals surface area contributed by atoms with Gasteiger partial charge in [0.05, 0.1) is 5.92 Å². The summed E-state index contributed by atoms with van der Waals surface area (Å²) in [5.74, 6) is 0.351. The van der Waals surface area contributed by atoms with Gasteiger partial charge < -0.3 is 9.47 Å². The van der Waals surface area contributed by atoms with Crippen LogP contribution in [0.3, 0.4) is 0 Å². The summed E-state index contributed by atoms with van der Waals surface area (Å²) in [6, 6.07) is 5.23. The molecule has 23 heavy (non-hydrogen) atoms. The molecule has 1 saturated heterocycles. The van der Waals surface area contributed by atoms with Crippen molar-refractivity contribution >= 4 is 17.6 Å². The van der Waals surface area contributed by atoms with Crippen molar-refractivity contribution in [3.8, 4) is 11.5 Å². The second-order valence-corrected chi connectivity index (χ2v) is 6.33. The Morgan fingerprint density at radius 1 is 1.22 bits per heavy atom. The van der Waals surface area contributed by atoms with Crippen LogP contribution in [0.1, 0.15) is 37.7 Å². The van der Waals surface area contributed by atoms with Crippen molar-refractivity contribution in [2.24, 2.45) is 5.92 Å². The number of amides is 2. The summed E-state index contributed by atoms with van der Waals surface area (Å²) >= 11 is 0. The van der Waals surface area contributed by atoms with E-state index in [4.69, 9.17) is 9.47 Å². The van der Waals surface area contributed by atoms with E-state index >= 15 is 0 Å². The minimum atomic E-state index is -0.470. The minimum absolute atomic E-state index is 0.145. The molecule has 1 aromatic carbocycles. The van der Waals surface area contributed by atoms with Gasteiger partial charge in [-0.3, -0.25) is 19.3 Å². The van der Waals surface area contributed by atoms with E-state index in [0.29, 0.717) is 30.8 Å². The Morgan fingerprint density at radius 2 is 2.00 bits per heavy atom. The third kappa shape index (κ3) is 2.12. The highest BCUT2D eigenvalue weighted by Gasteiger charge is 2.52. The maximum atomic E-state index is 12.8. The van der Waals surface area contributed by atoms with E-state index in [2.05, 4.69) is 0 Å². The second kappa shape index (κ2) is 5.08. The number of hydrogen-bond donors (Lipinski definition) is 0. The molecule has 1 aromatic rings. The van der Waals surface area contributed by atoms with Crippen LogP contribution in [0, 0.1) is 5.92 Å². The molecule has 0 spiro atoms. The molecule has 3 atom stereocenters. The predicted octanol–water partition coefficient (Wildman–Crippen LogP) is 1.63. The van der Waals surface area contributed by atoms with Crippen molar-refractivity contribution in [2.45, 2.75) is 38.1 Å². The van der Waals surface area contributed by atoms with Crippen LogP contribution in [-0.4, -0.2) is 35.3 Å². The number of carbonyl (C=O) groups excluding carboxylic acids is 3. The molecule has 4 rings (SSSR count). The Hall–Kier alpha value is -2.37. The third-order valence-corrected chi connectivity index (χ3v) is 5.03. The average Bonchev–Trinajstić information content (AvgIpc) is 3.07. The van der Waals surface area contributed by atoms with Crippen LogP contribution in [0.15, 0.2) is 18.2 Å². The molecule has 2 amide bonds. The molecule has 0 radical (unpaired) electrons. The lowest BCUT2D eigenvalue weighted by Gasteiger charge is -2.29. The molecule has 1 saturated carbocycles. The first kappa shape index (κ1) is 14.2. The summed E-state index contributed by atoms with van der Waals surface area (Å²) in [6.45, 7) is 1.58. The fourth-order valence-corrected chi connectivity index (χ4v) is 4.07. The first-order chi connectivity index (χ1) is 11.1. The van der Waals surface area contributed by atoms with Crippen LogP contribution < -0.4 is 9.47 Å². The molecular weight excluding hydrogens is 298 g/mol. The van der Waals surface area contributed by atoms with E-state index in [1.54, 1.807) is 12.1 Å². The van der Waals surface area contributed by atoms with Gasteiger partial charge in [-0.25, -0.2) is 0 Å². The summed E-state index contributed by atoms with van der Waals surface area (Å²) in [4.78, 5) is 38.0. The molecule has 2 fully saturated rings. The molecular formula is C17H17NO5. The number of likely N-dealkylation sites (tertiary alicyclic amines) is 1. The topological polar surface area (TPSA) is 72.9 Å². The second-order valence-electron chi connectivity index (χ2n) is 6.33. The lowest BCUT2D eigenvalue weighted by atomic mass is 9.76. The Bertz CT molecular complexity index is 713. The van der Waals surface area contributed by atoms with Gasteiger partial charge in [0.15, 0.2) is 11.5 Å². The molecule has 0 unspecified atom stereocenters. The summed E-state index contributed by atoms with van der Waals surface area (Å²) in [7, 11) is 0. The van der Waals surface area contributed by atoms with Crippen molar-refractivity contribution in [1.82, 2.24) is 4.90 Å². The van der Waals surface area contributed by atoms with Gasteiger partial charge >= 0.3 is 0 Å². The van der Waals surface area contributed by atoms with Crippen LogP contribution >= 0.6 is 0 Å². The quantitative estimate of drug-likeness (QED) is 0.787. The largest absolute Gasteiger partial charge is 0.454 e. The molecule has 0 bridgehead atoms. The van der Waals surface area contributed by atoms with E-state index < -0.39 is 5.92 Å². The number of rotatable bonds is 1. The maximum absolute atomic E-state index is 12.8. The Labute approximate surface area is 133 Å². The van der Waals surface area contributed by atoms with Crippen molar-refractivity contribution < 1.29 is 23.9 Å². The number of hydrogen-bond acceptors (Lipinski definition) is 5. The highest BCUT2D eigenvalue weighted by Crippen LogP contribution is 2.46. The smallest absolute Gasteiger partial charge is 0.237 e. The fraction of sp³-hybridized carbons (Fsp3) is 0.471. The molecule has 120 valence electrons. The molecule has 0 N–H and O–H groups in total. The first-order valence-corrected chi connectivity index (χ1v) is 7.81. The summed E-state index contributed by atoms with van der Waals surface area (Å²) in [5.41, 5.74) is 0.785. The SMILES string of the molecule is CC(=O)N1C(=O)[C@@H](c2ccc3c(c2)OCO3)[C@@H]2CC(=O)CC[C@@H]21. The lowest BCUT2D eigenvalue weighted by molar-refractivity contribution is -0.143. The Kier molecular flexibility index (Phi) is 3.14. The first-order valence-electron chi connectivity index (χ1n) is 7.81. The van der Waals surface area contributed by atoms with E-state index in [9.17, 15) is 14.4 Å². The van der Waals surface area contributed by atoms with E-state index in [-0.39, 0.29) is 36.4 Å². The minimum Gasteiger partial charge on any atom is -0.454 e. The number of fused-ring (bicyclic) bond motifs is 2. The number of Topliss-reactive ketones (excluding diaryl/α,β-unsaturated/α-hetero) is 1. The van der Waals surface area contributed by atoms with Gasteiger partial charge in [-0.15, -0.1) is 0 Å². The Morgan fingerprint density at radius 3 is 2.78 bits per heavy atom. The summed E-state index contributed by atoms with van der Waals surface area (Å²) < 4.78 is 10.7. The monoisotopic (exact) mass is 315 g/mol. The molecule has 3 aliphatic rings. The number of nitrogens with zero attached hydrogens (tertiary/aromatic N) is 1. The molecule has 6 nitrogen and oxygen atoms in total. The summed E-state index contributed by atoms with van der Waals surface area (Å²) in [5, 5.41) is 0. The zero-order chi connectivity index (χ0) is 16.1. The van der Waals surface area contributed by atoms with Crippen LogP contribution in [0.25, 0.3) is 0 Å². The molecule has 6 heteroatoms. The van der Waals surface area contributed by atoms with Gasteiger partial charge in [-0.05, 0) is 24.1 Å². The molecule has 2 aliphatic heterocycles. The van der Waals surface area contributed by atoms with Gasteiger partial charge in [0.2, 0.25) is 18.6 Å². The van der Waals surface area contributed by atoms with Crippen molar-refractivity contribution in [3.05, 3.63) is 23.8 Å². The lowest BCUT2D eigenvalue weighted by Crippen LogP contribution is -2.41. The van der Waals surface area contributed by atoms with Crippen LogP contribution in [0.5, 0.6) is 11.5 Å². The van der Waals surface area contributed by atoms with Crippen LogP contribution in [-0.2, 0) is 14.4 Å². The molecule has 2 heterocycles. The average molecular weight is 315 g/mol. The van der Waals surface area contributed by atoms with Gasteiger partial charge in [0.1, 0.15) is 5.78 Å². The standard InChI is InChI=1S/C17H17NO5/c1-9(19)18-13-4-3-11(20)7-12(13)16(17(18)21)10-2-5-14-15(6-10)23-8-22-14/h2,5-6,12-13,16H,3-4,7-8H2,1H3/t12-,13+,16+/m1/s1. The number of imide groups is 1. The number of ketones is 1. The van der Waals surface area contributed by atoms with Gasteiger partial charge in [-0.2, -0.15) is 0 Å². The third-order valence-electron chi connectivity index (χ3n) is 5.03. The predicted molar refractivity (Wildman–Crippen MR) is 79.0 cm³/mol. The highest BCUT2D eigenvalue weighted by atomic mass is 16.7. The maximum Gasteiger partial charge on any atom is 0.237 e. The number of benzene rings is 1. The van der Waals surface area contributed by atoms with Gasteiger partial charge in [0, 0.05) is 31.7 Å². The van der Waals surface area contributed by atoms with Gasteiger partial charge in [0.25, 0.3) is 0 Å². The zero-order valence-corrected chi connectivity index (χ0v) is 12.8. The molecule has 0 aromatic heterocycles. The fourth-order valence-electron chi connectivity index (χ4n) is 4.07. The van der Waals surface area contributed by atoms with E-state index in [0.717, 1.165) is 5.56 Å². The van der Waals surface area contributed by atoms with Crippen LogP contribution in [0.4, 0.5) is 0 Å². The zero-order valence-electron chi connectivity index (χ0n) is 12.8.